The van der Waals surface area contributed by atoms with E-state index in [1.165, 1.54) is 0 Å². The number of thioether (sulfide) groups is 1. The van der Waals surface area contributed by atoms with Crippen molar-refractivity contribution in [3.8, 4) is 0 Å². The molecule has 1 aliphatic rings. The summed E-state index contributed by atoms with van der Waals surface area (Å²) < 4.78 is 60.9. The van der Waals surface area contributed by atoms with Crippen molar-refractivity contribution in [2.75, 3.05) is 5.73 Å². The molecule has 2 atom stereocenters. The highest BCUT2D eigenvalue weighted by Gasteiger charge is 2.35. The second-order valence-corrected chi connectivity index (χ2v) is 9.43. The molecule has 14 heteroatoms. The van der Waals surface area contributed by atoms with Gasteiger partial charge in [0.1, 0.15) is 11.3 Å². The molecule has 0 bridgehead atoms. The third kappa shape index (κ3) is 3.80. The van der Waals surface area contributed by atoms with Crippen molar-refractivity contribution in [2.24, 2.45) is 5.14 Å². The van der Waals surface area contributed by atoms with E-state index in [2.05, 4.69) is 15.6 Å². The Morgan fingerprint density at radius 1 is 1.27 bits per heavy atom. The van der Waals surface area contributed by atoms with Gasteiger partial charge in [0, 0.05) is 0 Å². The van der Waals surface area contributed by atoms with E-state index in [-0.39, 0.29) is 10.7 Å². The summed E-state index contributed by atoms with van der Waals surface area (Å²) in [5, 5.41) is 4.67. The van der Waals surface area contributed by atoms with Gasteiger partial charge in [-0.25, -0.2) is 37.2 Å². The zero-order valence-corrected chi connectivity index (χ0v) is 13.8. The van der Waals surface area contributed by atoms with Crippen molar-refractivity contribution in [1.82, 2.24) is 15.6 Å². The van der Waals surface area contributed by atoms with Crippen LogP contribution in [-0.2, 0) is 20.0 Å². The fourth-order valence-electron chi connectivity index (χ4n) is 1.48. The lowest BCUT2D eigenvalue weighted by molar-refractivity contribution is 0.525. The summed E-state index contributed by atoms with van der Waals surface area (Å²) in [6, 6.07) is 1.68. The Bertz CT molecular complexity index is 779. The van der Waals surface area contributed by atoms with Gasteiger partial charge in [-0.3, -0.25) is 0 Å². The molecule has 1 unspecified atom stereocenters. The van der Waals surface area contributed by atoms with Crippen LogP contribution in [0.4, 0.5) is 10.1 Å². The number of halogens is 2. The fraction of sp³-hybridized carbons (Fsp3) is 0.250. The first-order valence-corrected chi connectivity index (χ1v) is 9.87. The molecule has 124 valence electrons. The summed E-state index contributed by atoms with van der Waals surface area (Å²) in [5.41, 5.74) is 8.59. The van der Waals surface area contributed by atoms with Crippen LogP contribution in [0.5, 0.6) is 0 Å². The lowest BCUT2D eigenvalue weighted by atomic mass is 10.3. The SMILES string of the molecule is Nc1c(F)cc(S(=O)(=O)N[C@@H]2NNC(S(N)(=O)=O)S2)cc1Cl. The van der Waals surface area contributed by atoms with Gasteiger partial charge in [-0.15, -0.1) is 0 Å². The van der Waals surface area contributed by atoms with Crippen LogP contribution in [0.3, 0.4) is 0 Å². The highest BCUT2D eigenvalue weighted by molar-refractivity contribution is 8.13. The molecular formula is C8H11ClFN5O4S3. The second kappa shape index (κ2) is 6.09. The van der Waals surface area contributed by atoms with E-state index >= 15 is 0 Å². The molecule has 0 spiro atoms. The van der Waals surface area contributed by atoms with Crippen LogP contribution in [-0.4, -0.2) is 27.0 Å². The lowest BCUT2D eigenvalue weighted by Crippen LogP contribution is -2.44. The van der Waals surface area contributed by atoms with Crippen molar-refractivity contribution in [1.29, 1.82) is 0 Å². The highest BCUT2D eigenvalue weighted by Crippen LogP contribution is 2.27. The molecule has 0 radical (unpaired) electrons. The van der Waals surface area contributed by atoms with E-state index < -0.39 is 41.0 Å². The maximum Gasteiger partial charge on any atom is 0.242 e. The van der Waals surface area contributed by atoms with Gasteiger partial charge in [-0.2, -0.15) is 4.72 Å². The molecule has 0 saturated carbocycles. The molecule has 1 aromatic rings. The first kappa shape index (κ1) is 17.7. The van der Waals surface area contributed by atoms with E-state index in [0.29, 0.717) is 17.8 Å². The normalized spacial score (nSPS) is 22.9. The lowest BCUT2D eigenvalue weighted by Gasteiger charge is -2.13. The molecule has 0 amide bonds. The standard InChI is InChI=1S/C8H11ClFN5O4S3/c9-4-1-3(2-5(10)6(4)11)22(18,19)15-7-13-14-8(20-7)21(12,16)17/h1-2,7-8,13-15H,11H2,(H2,12,16,17)/t7-,8?/m0/s1. The summed E-state index contributed by atoms with van der Waals surface area (Å²) in [5.74, 6) is -0.986. The third-order valence-corrected chi connectivity index (χ3v) is 7.11. The molecule has 1 fully saturated rings. The van der Waals surface area contributed by atoms with Crippen molar-refractivity contribution >= 4 is 49.1 Å². The summed E-state index contributed by atoms with van der Waals surface area (Å²) >= 11 is 6.31. The summed E-state index contributed by atoms with van der Waals surface area (Å²) in [7, 11) is -8.08. The third-order valence-electron chi connectivity index (χ3n) is 2.52. The first-order valence-electron chi connectivity index (χ1n) is 5.46. The molecule has 7 N–H and O–H groups in total. The average Bonchev–Trinajstić information content (AvgIpc) is 2.82. The van der Waals surface area contributed by atoms with Gasteiger partial charge in [-0.1, -0.05) is 23.4 Å². The van der Waals surface area contributed by atoms with Crippen LogP contribution >= 0.6 is 23.4 Å². The van der Waals surface area contributed by atoms with E-state index in [1.54, 1.807) is 0 Å². The maximum absolute atomic E-state index is 13.5. The van der Waals surface area contributed by atoms with Gasteiger partial charge in [0.25, 0.3) is 0 Å². The molecule has 2 rings (SSSR count). The topological polar surface area (TPSA) is 156 Å². The predicted molar refractivity (Wildman–Crippen MR) is 80.7 cm³/mol. The number of hydrogen-bond acceptors (Lipinski definition) is 8. The Morgan fingerprint density at radius 3 is 2.41 bits per heavy atom. The molecular weight excluding hydrogens is 381 g/mol. The van der Waals surface area contributed by atoms with Gasteiger partial charge in [0.05, 0.1) is 15.6 Å². The van der Waals surface area contributed by atoms with E-state index in [0.717, 1.165) is 6.07 Å². The van der Waals surface area contributed by atoms with Gasteiger partial charge >= 0.3 is 0 Å². The van der Waals surface area contributed by atoms with Crippen LogP contribution in [0, 0.1) is 5.82 Å². The van der Waals surface area contributed by atoms with Gasteiger partial charge in [-0.05, 0) is 12.1 Å². The quantitative estimate of drug-likeness (QED) is 0.410. The van der Waals surface area contributed by atoms with E-state index in [9.17, 15) is 21.2 Å². The van der Waals surface area contributed by atoms with Crippen molar-refractivity contribution < 1.29 is 21.2 Å². The number of hydrazine groups is 1. The molecule has 1 heterocycles. The number of benzene rings is 1. The molecule has 22 heavy (non-hydrogen) atoms. The number of primary sulfonamides is 1. The summed E-state index contributed by atoms with van der Waals surface area (Å²) in [4.78, 5) is -0.453. The Hall–Kier alpha value is -0.670. The Morgan fingerprint density at radius 2 is 1.91 bits per heavy atom. The first-order chi connectivity index (χ1) is 10.0. The number of hydrogen-bond donors (Lipinski definition) is 5. The Labute approximate surface area is 135 Å². The Balaban J connectivity index is 2.20. The minimum atomic E-state index is -4.16. The van der Waals surface area contributed by atoms with Crippen molar-refractivity contribution in [3.63, 3.8) is 0 Å². The zero-order chi connectivity index (χ0) is 16.7. The van der Waals surface area contributed by atoms with Crippen LogP contribution in [0.15, 0.2) is 17.0 Å². The molecule has 1 aliphatic heterocycles. The summed E-state index contributed by atoms with van der Waals surface area (Å²) in [6.07, 6.45) is 0. The van der Waals surface area contributed by atoms with Crippen LogP contribution in [0.25, 0.3) is 0 Å². The number of nitrogens with one attached hydrogen (secondary N) is 3. The largest absolute Gasteiger partial charge is 0.395 e. The van der Waals surface area contributed by atoms with E-state index in [4.69, 9.17) is 22.5 Å². The fourth-order valence-corrected chi connectivity index (χ4v) is 5.07. The zero-order valence-electron chi connectivity index (χ0n) is 10.6. The molecule has 1 aromatic carbocycles. The van der Waals surface area contributed by atoms with Crippen LogP contribution in [0.1, 0.15) is 0 Å². The number of nitrogen functional groups attached to an aromatic ring is 1. The van der Waals surface area contributed by atoms with Crippen LogP contribution in [0.2, 0.25) is 5.02 Å². The number of sulfonamides is 2. The smallest absolute Gasteiger partial charge is 0.242 e. The Kier molecular flexibility index (Phi) is 4.89. The predicted octanol–water partition coefficient (Wildman–Crippen LogP) is -0.964. The van der Waals surface area contributed by atoms with Crippen molar-refractivity contribution in [2.45, 2.75) is 15.1 Å². The maximum atomic E-state index is 13.5. The van der Waals surface area contributed by atoms with Gasteiger partial charge < -0.3 is 5.73 Å². The van der Waals surface area contributed by atoms with Gasteiger partial charge in [0.15, 0.2) is 4.71 Å². The summed E-state index contributed by atoms with van der Waals surface area (Å²) in [6.45, 7) is 0. The number of rotatable bonds is 4. The second-order valence-electron chi connectivity index (χ2n) is 4.15. The monoisotopic (exact) mass is 391 g/mol. The van der Waals surface area contributed by atoms with Crippen molar-refractivity contribution in [3.05, 3.63) is 23.0 Å². The molecule has 1 saturated heterocycles. The van der Waals surface area contributed by atoms with Gasteiger partial charge in [0.2, 0.25) is 20.0 Å². The number of anilines is 1. The minimum Gasteiger partial charge on any atom is -0.395 e. The van der Waals surface area contributed by atoms with Crippen LogP contribution < -0.4 is 26.4 Å². The van der Waals surface area contributed by atoms with E-state index in [1.807, 2.05) is 0 Å². The minimum absolute atomic E-state index is 0.257. The number of nitrogens with two attached hydrogens (primary N) is 2. The molecule has 0 aliphatic carbocycles. The molecule has 9 nitrogen and oxygen atoms in total. The molecule has 0 aromatic heterocycles. The average molecular weight is 392 g/mol. The highest BCUT2D eigenvalue weighted by atomic mass is 35.5.